The number of alkyl halides is 1. The lowest BCUT2D eigenvalue weighted by atomic mass is 10.1. The molecule has 0 atom stereocenters. The van der Waals surface area contributed by atoms with Crippen molar-refractivity contribution in [3.05, 3.63) is 33.4 Å². The van der Waals surface area contributed by atoms with E-state index < -0.39 is 0 Å². The Hall–Kier alpha value is 0.0700. The fraction of sp³-hybridized carbons (Fsp3) is 0.200. The maximum Gasteiger partial charge on any atom is 0.0613 e. The molecule has 0 unspecified atom stereocenters. The van der Waals surface area contributed by atoms with Crippen molar-refractivity contribution in [2.45, 2.75) is 11.4 Å². The first-order chi connectivity index (χ1) is 6.63. The summed E-state index contributed by atoms with van der Waals surface area (Å²) >= 11 is 14.3. The molecule has 1 aromatic carbocycles. The SMILES string of the molecule is Cc1[nH]c2cc(Cl)c(Cl)cc2c1CI. The smallest absolute Gasteiger partial charge is 0.0613 e. The van der Waals surface area contributed by atoms with E-state index in [0.717, 1.165) is 9.94 Å². The van der Waals surface area contributed by atoms with Gasteiger partial charge in [-0.3, -0.25) is 0 Å². The van der Waals surface area contributed by atoms with Gasteiger partial charge >= 0.3 is 0 Å². The summed E-state index contributed by atoms with van der Waals surface area (Å²) in [6, 6.07) is 3.80. The number of halogens is 3. The van der Waals surface area contributed by atoms with Crippen LogP contribution in [0.2, 0.25) is 10.0 Å². The van der Waals surface area contributed by atoms with E-state index in [4.69, 9.17) is 23.2 Å². The molecule has 0 saturated carbocycles. The number of benzene rings is 1. The van der Waals surface area contributed by atoms with Gasteiger partial charge in [0, 0.05) is 21.0 Å². The highest BCUT2D eigenvalue weighted by molar-refractivity contribution is 14.1. The van der Waals surface area contributed by atoms with E-state index in [1.165, 1.54) is 16.6 Å². The summed E-state index contributed by atoms with van der Waals surface area (Å²) in [4.78, 5) is 3.30. The average Bonchev–Trinajstić information content (AvgIpc) is 2.42. The Morgan fingerprint density at radius 3 is 2.57 bits per heavy atom. The van der Waals surface area contributed by atoms with E-state index in [2.05, 4.69) is 34.5 Å². The second-order valence-electron chi connectivity index (χ2n) is 3.17. The first kappa shape index (κ1) is 10.6. The minimum atomic E-state index is 0.598. The van der Waals surface area contributed by atoms with Crippen molar-refractivity contribution in [1.29, 1.82) is 0 Å². The van der Waals surface area contributed by atoms with Gasteiger partial charge in [0.2, 0.25) is 0 Å². The van der Waals surface area contributed by atoms with Gasteiger partial charge in [0.15, 0.2) is 0 Å². The third-order valence-corrected chi connectivity index (χ3v) is 3.78. The molecule has 0 amide bonds. The van der Waals surface area contributed by atoms with E-state index in [1.54, 1.807) is 0 Å². The molecule has 14 heavy (non-hydrogen) atoms. The van der Waals surface area contributed by atoms with Gasteiger partial charge in [-0.05, 0) is 24.6 Å². The molecule has 1 aromatic heterocycles. The number of fused-ring (bicyclic) bond motifs is 1. The van der Waals surface area contributed by atoms with E-state index in [0.29, 0.717) is 10.0 Å². The summed E-state index contributed by atoms with van der Waals surface area (Å²) in [5.74, 6) is 0. The van der Waals surface area contributed by atoms with Gasteiger partial charge in [0.05, 0.1) is 10.0 Å². The van der Waals surface area contributed by atoms with E-state index in [1.807, 2.05) is 12.1 Å². The normalized spacial score (nSPS) is 11.1. The number of nitrogens with one attached hydrogen (secondary N) is 1. The van der Waals surface area contributed by atoms with Crippen molar-refractivity contribution >= 4 is 56.7 Å². The predicted octanol–water partition coefficient (Wildman–Crippen LogP) is 4.72. The molecule has 0 saturated heterocycles. The molecule has 0 spiro atoms. The molecule has 1 N–H and O–H groups in total. The second-order valence-corrected chi connectivity index (χ2v) is 4.75. The molecule has 0 fully saturated rings. The number of hydrogen-bond acceptors (Lipinski definition) is 0. The predicted molar refractivity (Wildman–Crippen MR) is 70.8 cm³/mol. The van der Waals surface area contributed by atoms with Crippen molar-refractivity contribution in [2.75, 3.05) is 0 Å². The summed E-state index contributed by atoms with van der Waals surface area (Å²) in [6.45, 7) is 2.07. The maximum absolute atomic E-state index is 5.98. The van der Waals surface area contributed by atoms with E-state index >= 15 is 0 Å². The zero-order chi connectivity index (χ0) is 10.3. The number of aryl methyl sites for hydroxylation is 1. The van der Waals surface area contributed by atoms with Gasteiger partial charge in [0.1, 0.15) is 0 Å². The maximum atomic E-state index is 5.98. The standard InChI is InChI=1S/C10H8Cl2IN/c1-5-7(4-13)6-2-8(11)9(12)3-10(6)14-5/h2-3,14H,4H2,1H3. The lowest BCUT2D eigenvalue weighted by molar-refractivity contribution is 1.25. The highest BCUT2D eigenvalue weighted by Gasteiger charge is 2.09. The quantitative estimate of drug-likeness (QED) is 0.571. The largest absolute Gasteiger partial charge is 0.358 e. The number of aromatic amines is 1. The van der Waals surface area contributed by atoms with E-state index in [-0.39, 0.29) is 0 Å². The van der Waals surface area contributed by atoms with Gasteiger partial charge in [-0.1, -0.05) is 45.8 Å². The molecule has 0 aliphatic heterocycles. The first-order valence-corrected chi connectivity index (χ1v) is 6.43. The van der Waals surface area contributed by atoms with Crippen molar-refractivity contribution in [3.8, 4) is 0 Å². The van der Waals surface area contributed by atoms with Crippen LogP contribution in [0.25, 0.3) is 10.9 Å². The molecule has 4 heteroatoms. The summed E-state index contributed by atoms with van der Waals surface area (Å²) < 4.78 is 0.974. The van der Waals surface area contributed by atoms with Gasteiger partial charge in [-0.25, -0.2) is 0 Å². The van der Waals surface area contributed by atoms with Crippen LogP contribution in [0, 0.1) is 6.92 Å². The molecular weight excluding hydrogens is 332 g/mol. The molecule has 2 aromatic rings. The molecule has 1 heterocycles. The summed E-state index contributed by atoms with van der Waals surface area (Å²) in [6.07, 6.45) is 0. The van der Waals surface area contributed by atoms with Crippen molar-refractivity contribution in [3.63, 3.8) is 0 Å². The lowest BCUT2D eigenvalue weighted by Crippen LogP contribution is -1.77. The Balaban J connectivity index is 2.82. The van der Waals surface area contributed by atoms with Crippen LogP contribution in [0.5, 0.6) is 0 Å². The second kappa shape index (κ2) is 3.91. The topological polar surface area (TPSA) is 15.8 Å². The summed E-state index contributed by atoms with van der Waals surface area (Å²) in [7, 11) is 0. The van der Waals surface area contributed by atoms with Crippen LogP contribution in [0.3, 0.4) is 0 Å². The van der Waals surface area contributed by atoms with Crippen molar-refractivity contribution in [1.82, 2.24) is 4.98 Å². The highest BCUT2D eigenvalue weighted by Crippen LogP contribution is 2.31. The third kappa shape index (κ3) is 1.64. The fourth-order valence-corrected chi connectivity index (χ4v) is 2.86. The molecular formula is C10H8Cl2IN. The Morgan fingerprint density at radius 2 is 1.93 bits per heavy atom. The Labute approximate surface area is 106 Å². The van der Waals surface area contributed by atoms with Gasteiger partial charge < -0.3 is 4.98 Å². The number of aromatic nitrogens is 1. The monoisotopic (exact) mass is 339 g/mol. The Bertz CT molecular complexity index is 490. The third-order valence-electron chi connectivity index (χ3n) is 2.29. The van der Waals surface area contributed by atoms with Crippen LogP contribution in [0.4, 0.5) is 0 Å². The van der Waals surface area contributed by atoms with Gasteiger partial charge in [-0.2, -0.15) is 0 Å². The van der Waals surface area contributed by atoms with Crippen molar-refractivity contribution < 1.29 is 0 Å². The molecule has 2 rings (SSSR count). The summed E-state index contributed by atoms with van der Waals surface area (Å²) in [5.41, 5.74) is 3.55. The molecule has 0 radical (unpaired) electrons. The average molecular weight is 340 g/mol. The molecule has 1 nitrogen and oxygen atoms in total. The minimum absolute atomic E-state index is 0.598. The molecule has 74 valence electrons. The van der Waals surface area contributed by atoms with Gasteiger partial charge in [0.25, 0.3) is 0 Å². The van der Waals surface area contributed by atoms with Crippen LogP contribution in [-0.2, 0) is 4.43 Å². The zero-order valence-corrected chi connectivity index (χ0v) is 11.2. The number of H-pyrrole nitrogens is 1. The Kier molecular flexibility index (Phi) is 2.96. The number of rotatable bonds is 1. The van der Waals surface area contributed by atoms with Gasteiger partial charge in [-0.15, -0.1) is 0 Å². The van der Waals surface area contributed by atoms with Crippen molar-refractivity contribution in [2.24, 2.45) is 0 Å². The van der Waals surface area contributed by atoms with Crippen LogP contribution >= 0.6 is 45.8 Å². The lowest BCUT2D eigenvalue weighted by Gasteiger charge is -1.97. The first-order valence-electron chi connectivity index (χ1n) is 4.15. The summed E-state index contributed by atoms with van der Waals surface area (Å²) in [5, 5.41) is 2.39. The van der Waals surface area contributed by atoms with Crippen LogP contribution in [0.15, 0.2) is 12.1 Å². The highest BCUT2D eigenvalue weighted by atomic mass is 127. The number of hydrogen-bond donors (Lipinski definition) is 1. The Morgan fingerprint density at radius 1 is 1.29 bits per heavy atom. The van der Waals surface area contributed by atoms with Crippen LogP contribution in [0.1, 0.15) is 11.3 Å². The van der Waals surface area contributed by atoms with Crippen LogP contribution in [-0.4, -0.2) is 4.98 Å². The minimum Gasteiger partial charge on any atom is -0.358 e. The van der Waals surface area contributed by atoms with Crippen LogP contribution < -0.4 is 0 Å². The zero-order valence-electron chi connectivity index (χ0n) is 7.50. The molecule has 0 aliphatic carbocycles. The molecule has 0 bridgehead atoms. The molecule has 0 aliphatic rings. The van der Waals surface area contributed by atoms with E-state index in [9.17, 15) is 0 Å². The fourth-order valence-electron chi connectivity index (χ4n) is 1.55.